The lowest BCUT2D eigenvalue weighted by Crippen LogP contribution is -2.54. The quantitative estimate of drug-likeness (QED) is 0.172. The highest BCUT2D eigenvalue weighted by molar-refractivity contribution is 7.92. The molecule has 0 aliphatic carbocycles. The number of halogens is 1. The number of nitrogens with zero attached hydrogens (tertiary/aromatic N) is 2. The minimum atomic E-state index is -4.24. The Balaban J connectivity index is 1.77. The first-order valence-electron chi connectivity index (χ1n) is 15.3. The average Bonchev–Trinajstić information content (AvgIpc) is 3.07. The molecule has 2 amide bonds. The Morgan fingerprint density at radius 1 is 0.826 bits per heavy atom. The Labute approximate surface area is 270 Å². The van der Waals surface area contributed by atoms with Crippen molar-refractivity contribution in [3.8, 4) is 5.75 Å². The normalized spacial score (nSPS) is 12.5. The molecule has 0 spiro atoms. The van der Waals surface area contributed by atoms with E-state index < -0.39 is 34.3 Å². The second-order valence-corrected chi connectivity index (χ2v) is 12.8. The summed E-state index contributed by atoms with van der Waals surface area (Å²) in [6.45, 7) is 5.46. The zero-order valence-electron chi connectivity index (χ0n) is 26.3. The maximum atomic E-state index is 14.5. The number of hydrogen-bond acceptors (Lipinski definition) is 5. The summed E-state index contributed by atoms with van der Waals surface area (Å²) in [5.74, 6) is -0.878. The molecule has 0 aromatic heterocycles. The second-order valence-electron chi connectivity index (χ2n) is 10.9. The first-order chi connectivity index (χ1) is 22.1. The number of carbonyl (C=O) groups excluding carboxylic acids is 2. The summed E-state index contributed by atoms with van der Waals surface area (Å²) in [5.41, 5.74) is 1.70. The molecule has 0 fully saturated rings. The van der Waals surface area contributed by atoms with Crippen LogP contribution in [-0.2, 0) is 32.6 Å². The van der Waals surface area contributed by atoms with E-state index in [1.54, 1.807) is 54.6 Å². The van der Waals surface area contributed by atoms with Gasteiger partial charge in [-0.15, -0.1) is 0 Å². The smallest absolute Gasteiger partial charge is 0.264 e. The van der Waals surface area contributed by atoms with Gasteiger partial charge in [-0.25, -0.2) is 12.8 Å². The molecular formula is C36H40FN3O5S. The van der Waals surface area contributed by atoms with Crippen LogP contribution >= 0.6 is 0 Å². The third-order valence-corrected chi connectivity index (χ3v) is 9.37. The van der Waals surface area contributed by atoms with Gasteiger partial charge in [0, 0.05) is 19.0 Å². The van der Waals surface area contributed by atoms with Crippen molar-refractivity contribution >= 4 is 27.5 Å². The molecule has 242 valence electrons. The fourth-order valence-electron chi connectivity index (χ4n) is 4.91. The highest BCUT2D eigenvalue weighted by atomic mass is 32.2. The lowest BCUT2D eigenvalue weighted by Gasteiger charge is -2.34. The van der Waals surface area contributed by atoms with Gasteiger partial charge in [0.25, 0.3) is 10.0 Å². The number of benzene rings is 4. The molecule has 0 bridgehead atoms. The predicted molar refractivity (Wildman–Crippen MR) is 177 cm³/mol. The molecule has 0 heterocycles. The van der Waals surface area contributed by atoms with Gasteiger partial charge in [0.05, 0.1) is 17.2 Å². The van der Waals surface area contributed by atoms with E-state index in [9.17, 15) is 22.4 Å². The number of hydrogen-bond donors (Lipinski definition) is 1. The Bertz CT molecular complexity index is 1670. The number of nitrogens with one attached hydrogen (secondary N) is 1. The minimum Gasteiger partial charge on any atom is -0.494 e. The Hall–Kier alpha value is -4.70. The molecule has 46 heavy (non-hydrogen) atoms. The van der Waals surface area contributed by atoms with E-state index in [1.165, 1.54) is 29.2 Å². The highest BCUT2D eigenvalue weighted by Gasteiger charge is 2.35. The fraction of sp³-hybridized carbons (Fsp3) is 0.278. The van der Waals surface area contributed by atoms with E-state index in [0.29, 0.717) is 24.3 Å². The standard InChI is InChI=1S/C36H40FN3O5S/c1-4-27(3)38-36(42)34(24-28-12-8-6-9-13-28)39(25-29-16-18-30(37)19-17-29)35(41)26-40(31-14-10-7-11-15-31)46(43,44)33-22-20-32(21-23-33)45-5-2/h6-23,27,34H,4-5,24-26H2,1-3H3,(H,38,42)/t27-,34-/m0/s1. The van der Waals surface area contributed by atoms with Gasteiger partial charge in [-0.3, -0.25) is 13.9 Å². The molecular weight excluding hydrogens is 605 g/mol. The Morgan fingerprint density at radius 3 is 2.02 bits per heavy atom. The first kappa shape index (κ1) is 34.2. The topological polar surface area (TPSA) is 96.0 Å². The lowest BCUT2D eigenvalue weighted by atomic mass is 10.0. The van der Waals surface area contributed by atoms with Crippen LogP contribution in [0.15, 0.2) is 114 Å². The number of rotatable bonds is 15. The number of carbonyl (C=O) groups is 2. The summed E-state index contributed by atoms with van der Waals surface area (Å²) in [7, 11) is -4.24. The van der Waals surface area contributed by atoms with E-state index in [2.05, 4.69) is 5.32 Å². The molecule has 0 unspecified atom stereocenters. The third-order valence-electron chi connectivity index (χ3n) is 7.58. The van der Waals surface area contributed by atoms with E-state index in [-0.39, 0.29) is 35.5 Å². The molecule has 4 aromatic rings. The van der Waals surface area contributed by atoms with E-state index in [1.807, 2.05) is 51.1 Å². The third kappa shape index (κ3) is 8.94. The number of sulfonamides is 1. The second kappa shape index (κ2) is 16.0. The largest absolute Gasteiger partial charge is 0.494 e. The molecule has 0 radical (unpaired) electrons. The molecule has 4 aromatic carbocycles. The summed E-state index contributed by atoms with van der Waals surface area (Å²) < 4.78 is 48.6. The van der Waals surface area contributed by atoms with Gasteiger partial charge in [0.15, 0.2) is 0 Å². The first-order valence-corrected chi connectivity index (χ1v) is 16.7. The van der Waals surface area contributed by atoms with Crippen LogP contribution in [0, 0.1) is 5.82 Å². The molecule has 1 N–H and O–H groups in total. The zero-order valence-corrected chi connectivity index (χ0v) is 27.1. The number of anilines is 1. The molecule has 0 aliphatic heterocycles. The summed E-state index contributed by atoms with van der Waals surface area (Å²) >= 11 is 0. The minimum absolute atomic E-state index is 0.0203. The van der Waals surface area contributed by atoms with Crippen LogP contribution in [0.25, 0.3) is 0 Å². The molecule has 10 heteroatoms. The van der Waals surface area contributed by atoms with Gasteiger partial charge in [-0.2, -0.15) is 0 Å². The van der Waals surface area contributed by atoms with E-state index in [0.717, 1.165) is 9.87 Å². The zero-order chi connectivity index (χ0) is 33.1. The summed E-state index contributed by atoms with van der Waals surface area (Å²) in [5, 5.41) is 3.00. The average molecular weight is 646 g/mol. The molecule has 0 aliphatic rings. The van der Waals surface area contributed by atoms with Gasteiger partial charge in [0.1, 0.15) is 24.2 Å². The lowest BCUT2D eigenvalue weighted by molar-refractivity contribution is -0.140. The number of amides is 2. The van der Waals surface area contributed by atoms with Crippen LogP contribution in [0.5, 0.6) is 5.75 Å². The summed E-state index contributed by atoms with van der Waals surface area (Å²) in [6.07, 6.45) is 0.866. The van der Waals surface area contributed by atoms with Crippen molar-refractivity contribution in [2.75, 3.05) is 17.5 Å². The van der Waals surface area contributed by atoms with Crippen LogP contribution in [-0.4, -0.2) is 50.4 Å². The van der Waals surface area contributed by atoms with Gasteiger partial charge >= 0.3 is 0 Å². The van der Waals surface area contributed by atoms with Crippen LogP contribution in [0.4, 0.5) is 10.1 Å². The van der Waals surface area contributed by atoms with E-state index >= 15 is 0 Å². The van der Waals surface area contributed by atoms with Crippen molar-refractivity contribution < 1.29 is 27.1 Å². The van der Waals surface area contributed by atoms with Crippen molar-refractivity contribution in [1.82, 2.24) is 10.2 Å². The van der Waals surface area contributed by atoms with Crippen LogP contribution in [0.2, 0.25) is 0 Å². The van der Waals surface area contributed by atoms with Gasteiger partial charge in [-0.1, -0.05) is 67.6 Å². The number of para-hydroxylation sites is 1. The van der Waals surface area contributed by atoms with Crippen molar-refractivity contribution in [2.24, 2.45) is 0 Å². The fourth-order valence-corrected chi connectivity index (χ4v) is 6.32. The van der Waals surface area contributed by atoms with Gasteiger partial charge < -0.3 is 15.0 Å². The molecule has 2 atom stereocenters. The Kier molecular flexibility index (Phi) is 11.9. The maximum absolute atomic E-state index is 14.5. The monoisotopic (exact) mass is 645 g/mol. The van der Waals surface area contributed by atoms with Crippen molar-refractivity contribution in [3.63, 3.8) is 0 Å². The molecule has 0 saturated carbocycles. The summed E-state index contributed by atoms with van der Waals surface area (Å²) in [4.78, 5) is 29.7. The van der Waals surface area contributed by atoms with Crippen LogP contribution in [0.1, 0.15) is 38.3 Å². The predicted octanol–water partition coefficient (Wildman–Crippen LogP) is 5.97. The molecule has 4 rings (SSSR count). The van der Waals surface area contributed by atoms with Gasteiger partial charge in [0.2, 0.25) is 11.8 Å². The van der Waals surface area contributed by atoms with Gasteiger partial charge in [-0.05, 0) is 79.9 Å². The molecule has 0 saturated heterocycles. The van der Waals surface area contributed by atoms with Crippen LogP contribution < -0.4 is 14.4 Å². The van der Waals surface area contributed by atoms with Crippen LogP contribution in [0.3, 0.4) is 0 Å². The maximum Gasteiger partial charge on any atom is 0.264 e. The number of ether oxygens (including phenoxy) is 1. The van der Waals surface area contributed by atoms with Crippen molar-refractivity contribution in [1.29, 1.82) is 0 Å². The van der Waals surface area contributed by atoms with Crippen molar-refractivity contribution in [3.05, 3.63) is 126 Å². The van der Waals surface area contributed by atoms with Crippen molar-refractivity contribution in [2.45, 2.75) is 57.1 Å². The Morgan fingerprint density at radius 2 is 1.43 bits per heavy atom. The summed E-state index contributed by atoms with van der Waals surface area (Å²) in [6, 6.07) is 28.2. The highest BCUT2D eigenvalue weighted by Crippen LogP contribution is 2.26. The molecule has 8 nitrogen and oxygen atoms in total. The SMILES string of the molecule is CCOc1ccc(S(=O)(=O)N(CC(=O)N(Cc2ccc(F)cc2)[C@@H](Cc2ccccc2)C(=O)N[C@@H](C)CC)c2ccccc2)cc1. The van der Waals surface area contributed by atoms with E-state index in [4.69, 9.17) is 4.74 Å².